The number of ether oxygens (including phenoxy) is 1. The average Bonchev–Trinajstić information content (AvgIpc) is 2.80. The molecule has 0 bridgehead atoms. The highest BCUT2D eigenvalue weighted by Gasteiger charge is 2.31. The summed E-state index contributed by atoms with van der Waals surface area (Å²) in [5.41, 5.74) is 2.61. The van der Waals surface area contributed by atoms with Crippen LogP contribution >= 0.6 is 0 Å². The van der Waals surface area contributed by atoms with Gasteiger partial charge in [-0.3, -0.25) is 4.79 Å². The van der Waals surface area contributed by atoms with Gasteiger partial charge >= 0.3 is 6.03 Å². The molecule has 0 aliphatic carbocycles. The SMILES string of the molecule is CCOc1ccc(N(CCC#N)C(=O)C2CCN(C(=O)Nc3cccc(C)c3)CC2)cc1. The lowest BCUT2D eigenvalue weighted by Crippen LogP contribution is -2.46. The highest BCUT2D eigenvalue weighted by Crippen LogP contribution is 2.26. The minimum atomic E-state index is -0.178. The lowest BCUT2D eigenvalue weighted by Gasteiger charge is -2.34. The van der Waals surface area contributed by atoms with Crippen molar-refractivity contribution in [2.24, 2.45) is 5.92 Å². The molecule has 7 heteroatoms. The first-order valence-corrected chi connectivity index (χ1v) is 11.1. The maximum Gasteiger partial charge on any atom is 0.321 e. The third-order valence-corrected chi connectivity index (χ3v) is 5.57. The predicted molar refractivity (Wildman–Crippen MR) is 125 cm³/mol. The Balaban J connectivity index is 1.61. The molecule has 1 aliphatic rings. The number of carbonyl (C=O) groups is 2. The van der Waals surface area contributed by atoms with Gasteiger partial charge in [-0.25, -0.2) is 4.79 Å². The highest BCUT2D eigenvalue weighted by molar-refractivity contribution is 5.95. The number of rotatable bonds is 7. The summed E-state index contributed by atoms with van der Waals surface area (Å²) in [5, 5.41) is 12.0. The predicted octanol–water partition coefficient (Wildman–Crippen LogP) is 4.58. The zero-order valence-corrected chi connectivity index (χ0v) is 18.7. The molecule has 168 valence electrons. The van der Waals surface area contributed by atoms with Crippen molar-refractivity contribution in [2.45, 2.75) is 33.1 Å². The summed E-state index contributed by atoms with van der Waals surface area (Å²) in [6.45, 7) is 5.86. The van der Waals surface area contributed by atoms with E-state index < -0.39 is 0 Å². The van der Waals surface area contributed by atoms with Gasteiger partial charge in [0.05, 0.1) is 19.1 Å². The van der Waals surface area contributed by atoms with Gasteiger partial charge in [-0.2, -0.15) is 5.26 Å². The molecule has 32 heavy (non-hydrogen) atoms. The third-order valence-electron chi connectivity index (χ3n) is 5.57. The average molecular weight is 435 g/mol. The summed E-state index contributed by atoms with van der Waals surface area (Å²) < 4.78 is 5.48. The molecule has 0 spiro atoms. The molecule has 0 unspecified atom stereocenters. The quantitative estimate of drug-likeness (QED) is 0.691. The number of likely N-dealkylation sites (tertiary alicyclic amines) is 1. The van der Waals surface area contributed by atoms with Gasteiger partial charge in [0.2, 0.25) is 5.91 Å². The maximum atomic E-state index is 13.3. The molecule has 0 atom stereocenters. The number of hydrogen-bond donors (Lipinski definition) is 1. The van der Waals surface area contributed by atoms with E-state index in [1.807, 2.05) is 62.4 Å². The van der Waals surface area contributed by atoms with Gasteiger partial charge in [-0.1, -0.05) is 12.1 Å². The molecule has 2 aromatic carbocycles. The second-order valence-electron chi connectivity index (χ2n) is 7.89. The van der Waals surface area contributed by atoms with E-state index in [4.69, 9.17) is 10.00 Å². The van der Waals surface area contributed by atoms with Crippen molar-refractivity contribution in [1.82, 2.24) is 4.90 Å². The van der Waals surface area contributed by atoms with Crippen molar-refractivity contribution in [1.29, 1.82) is 5.26 Å². The summed E-state index contributed by atoms with van der Waals surface area (Å²) in [6, 6.07) is 17.0. The summed E-state index contributed by atoms with van der Waals surface area (Å²) in [5.74, 6) is 0.572. The molecule has 0 saturated carbocycles. The van der Waals surface area contributed by atoms with Crippen molar-refractivity contribution < 1.29 is 14.3 Å². The monoisotopic (exact) mass is 434 g/mol. The molecule has 1 saturated heterocycles. The summed E-state index contributed by atoms with van der Waals surface area (Å²) >= 11 is 0. The van der Waals surface area contributed by atoms with E-state index in [1.54, 1.807) is 9.80 Å². The van der Waals surface area contributed by atoms with Gasteiger partial charge in [-0.15, -0.1) is 0 Å². The number of hydrogen-bond acceptors (Lipinski definition) is 4. The zero-order valence-electron chi connectivity index (χ0n) is 18.7. The molecular weight excluding hydrogens is 404 g/mol. The smallest absolute Gasteiger partial charge is 0.321 e. The number of nitriles is 1. The van der Waals surface area contributed by atoms with Crippen molar-refractivity contribution >= 4 is 23.3 Å². The number of nitrogens with zero attached hydrogens (tertiary/aromatic N) is 3. The molecule has 0 radical (unpaired) electrons. The first-order chi connectivity index (χ1) is 15.5. The number of nitrogens with one attached hydrogen (secondary N) is 1. The lowest BCUT2D eigenvalue weighted by molar-refractivity contribution is -0.123. The zero-order chi connectivity index (χ0) is 22.9. The van der Waals surface area contributed by atoms with Crippen molar-refractivity contribution in [3.05, 3.63) is 54.1 Å². The van der Waals surface area contributed by atoms with Gasteiger partial charge in [0, 0.05) is 36.9 Å². The Morgan fingerprint density at radius 3 is 2.53 bits per heavy atom. The Morgan fingerprint density at radius 2 is 1.91 bits per heavy atom. The van der Waals surface area contributed by atoms with Crippen LogP contribution in [0.4, 0.5) is 16.2 Å². The fraction of sp³-hybridized carbons (Fsp3) is 0.400. The van der Waals surface area contributed by atoms with Crippen LogP contribution in [0.15, 0.2) is 48.5 Å². The van der Waals surface area contributed by atoms with Crippen LogP contribution in [0.25, 0.3) is 0 Å². The normalized spacial score (nSPS) is 13.8. The Labute approximate surface area is 189 Å². The minimum absolute atomic E-state index is 0.00292. The first kappa shape index (κ1) is 23.1. The van der Waals surface area contributed by atoms with Crippen LogP contribution < -0.4 is 15.0 Å². The molecule has 7 nitrogen and oxygen atoms in total. The van der Waals surface area contributed by atoms with Gasteiger partial charge < -0.3 is 19.9 Å². The topological polar surface area (TPSA) is 85.7 Å². The second-order valence-corrected chi connectivity index (χ2v) is 7.89. The van der Waals surface area contributed by atoms with Crippen LogP contribution in [0.1, 0.15) is 31.7 Å². The summed E-state index contributed by atoms with van der Waals surface area (Å²) in [6.07, 6.45) is 1.46. The van der Waals surface area contributed by atoms with E-state index in [0.717, 1.165) is 22.7 Å². The van der Waals surface area contributed by atoms with E-state index in [-0.39, 0.29) is 24.3 Å². The van der Waals surface area contributed by atoms with Gasteiger partial charge in [-0.05, 0) is 68.7 Å². The van der Waals surface area contributed by atoms with Crippen molar-refractivity contribution in [3.63, 3.8) is 0 Å². The standard InChI is InChI=1S/C25H30N4O3/c1-3-32-23-10-8-22(9-11-23)29(15-5-14-26)24(30)20-12-16-28(17-13-20)25(31)27-21-7-4-6-19(2)18-21/h4,6-11,18,20H,3,5,12-13,15-17H2,1-2H3,(H,27,31). The molecule has 1 N–H and O–H groups in total. The molecule has 1 aliphatic heterocycles. The van der Waals surface area contributed by atoms with Gasteiger partial charge in [0.15, 0.2) is 0 Å². The van der Waals surface area contributed by atoms with Gasteiger partial charge in [0.1, 0.15) is 5.75 Å². The Hall–Kier alpha value is -3.53. The Morgan fingerprint density at radius 1 is 1.19 bits per heavy atom. The number of aryl methyl sites for hydroxylation is 1. The van der Waals surface area contributed by atoms with Crippen LogP contribution in [0.3, 0.4) is 0 Å². The van der Waals surface area contributed by atoms with E-state index in [0.29, 0.717) is 39.1 Å². The number of piperidine rings is 1. The molecule has 0 aromatic heterocycles. The second kappa shape index (κ2) is 11.2. The first-order valence-electron chi connectivity index (χ1n) is 11.1. The number of carbonyl (C=O) groups excluding carboxylic acids is 2. The Kier molecular flexibility index (Phi) is 8.09. The van der Waals surface area contributed by atoms with Crippen molar-refractivity contribution in [3.8, 4) is 11.8 Å². The summed E-state index contributed by atoms with van der Waals surface area (Å²) in [7, 11) is 0. The molecular formula is C25H30N4O3. The Bertz CT molecular complexity index is 960. The number of anilines is 2. The number of amides is 3. The fourth-order valence-electron chi connectivity index (χ4n) is 3.89. The minimum Gasteiger partial charge on any atom is -0.494 e. The molecule has 2 aromatic rings. The molecule has 3 amide bonds. The number of benzene rings is 2. The maximum absolute atomic E-state index is 13.3. The highest BCUT2D eigenvalue weighted by atomic mass is 16.5. The third kappa shape index (κ3) is 6.01. The van der Waals surface area contributed by atoms with Crippen LogP contribution in [0, 0.1) is 24.2 Å². The summed E-state index contributed by atoms with van der Waals surface area (Å²) in [4.78, 5) is 29.3. The van der Waals surface area contributed by atoms with Crippen LogP contribution in [0.5, 0.6) is 5.75 Å². The molecule has 3 rings (SSSR count). The van der Waals surface area contributed by atoms with Crippen LogP contribution in [0.2, 0.25) is 0 Å². The van der Waals surface area contributed by atoms with E-state index in [2.05, 4.69) is 11.4 Å². The lowest BCUT2D eigenvalue weighted by atomic mass is 9.95. The molecule has 1 heterocycles. The van der Waals surface area contributed by atoms with E-state index in [9.17, 15) is 9.59 Å². The molecule has 1 fully saturated rings. The largest absolute Gasteiger partial charge is 0.494 e. The number of urea groups is 1. The van der Waals surface area contributed by atoms with Gasteiger partial charge in [0.25, 0.3) is 0 Å². The van der Waals surface area contributed by atoms with E-state index in [1.165, 1.54) is 0 Å². The van der Waals surface area contributed by atoms with Crippen molar-refractivity contribution in [2.75, 3.05) is 36.5 Å². The van der Waals surface area contributed by atoms with Crippen LogP contribution in [-0.2, 0) is 4.79 Å². The van der Waals surface area contributed by atoms with E-state index >= 15 is 0 Å². The fourth-order valence-corrected chi connectivity index (χ4v) is 3.89. The van der Waals surface area contributed by atoms with Crippen LogP contribution in [-0.4, -0.2) is 43.1 Å².